The molecule has 92 valence electrons. The first-order valence-corrected chi connectivity index (χ1v) is 5.89. The number of anilines is 1. The number of hydrogen-bond donors (Lipinski definition) is 2. The molecule has 1 atom stereocenters. The Balaban J connectivity index is 1.94. The Bertz CT molecular complexity index is 429. The zero-order valence-electron chi connectivity index (χ0n) is 10.1. The van der Waals surface area contributed by atoms with Crippen LogP contribution in [0, 0.1) is 12.7 Å². The normalized spacial score (nSPS) is 16.4. The first kappa shape index (κ1) is 11.9. The highest BCUT2D eigenvalue weighted by Crippen LogP contribution is 2.19. The highest BCUT2D eigenvalue weighted by Gasteiger charge is 2.25. The lowest BCUT2D eigenvalue weighted by molar-refractivity contribution is -0.121. The molecule has 1 fully saturated rings. The molecule has 0 radical (unpaired) electrons. The molecule has 3 nitrogen and oxygen atoms in total. The topological polar surface area (TPSA) is 41.1 Å². The van der Waals surface area contributed by atoms with Gasteiger partial charge in [-0.05, 0) is 44.4 Å². The molecule has 0 bridgehead atoms. The second-order valence-electron chi connectivity index (χ2n) is 4.61. The van der Waals surface area contributed by atoms with Crippen LogP contribution in [-0.2, 0) is 4.79 Å². The molecular weight excluding hydrogens is 219 g/mol. The van der Waals surface area contributed by atoms with E-state index in [0.29, 0.717) is 17.3 Å². The van der Waals surface area contributed by atoms with Crippen molar-refractivity contribution in [2.24, 2.45) is 0 Å². The Kier molecular flexibility index (Phi) is 3.31. The maximum absolute atomic E-state index is 13.3. The Morgan fingerprint density at radius 2 is 2.18 bits per heavy atom. The van der Waals surface area contributed by atoms with E-state index in [2.05, 4.69) is 10.6 Å². The van der Waals surface area contributed by atoms with Crippen molar-refractivity contribution in [1.82, 2.24) is 5.32 Å². The van der Waals surface area contributed by atoms with Gasteiger partial charge in [0.2, 0.25) is 5.91 Å². The zero-order valence-corrected chi connectivity index (χ0v) is 10.1. The number of halogens is 1. The molecular formula is C13H17FN2O. The summed E-state index contributed by atoms with van der Waals surface area (Å²) in [5.41, 5.74) is 1.23. The van der Waals surface area contributed by atoms with E-state index >= 15 is 0 Å². The average Bonchev–Trinajstić information content (AvgIpc) is 3.07. The lowest BCUT2D eigenvalue weighted by Crippen LogP contribution is -2.38. The van der Waals surface area contributed by atoms with Crippen LogP contribution in [0.25, 0.3) is 0 Å². The summed E-state index contributed by atoms with van der Waals surface area (Å²) in [4.78, 5) is 11.7. The number of carbonyl (C=O) groups is 1. The molecule has 0 spiro atoms. The molecule has 4 heteroatoms. The van der Waals surface area contributed by atoms with Crippen LogP contribution in [0.1, 0.15) is 25.3 Å². The van der Waals surface area contributed by atoms with Crippen molar-refractivity contribution in [1.29, 1.82) is 0 Å². The molecule has 2 rings (SSSR count). The van der Waals surface area contributed by atoms with Gasteiger partial charge in [-0.25, -0.2) is 4.39 Å². The van der Waals surface area contributed by atoms with Gasteiger partial charge in [-0.2, -0.15) is 0 Å². The molecule has 1 aliphatic carbocycles. The number of carbonyl (C=O) groups excluding carboxylic acids is 1. The van der Waals surface area contributed by atoms with Crippen molar-refractivity contribution < 1.29 is 9.18 Å². The third-order valence-corrected chi connectivity index (χ3v) is 2.87. The van der Waals surface area contributed by atoms with Crippen LogP contribution in [0.5, 0.6) is 0 Å². The van der Waals surface area contributed by atoms with Gasteiger partial charge in [0.1, 0.15) is 11.9 Å². The molecule has 1 unspecified atom stereocenters. The SMILES string of the molecule is Cc1ccc(NC(C)C(=O)NC2CC2)cc1F. The summed E-state index contributed by atoms with van der Waals surface area (Å²) in [6.45, 7) is 3.48. The van der Waals surface area contributed by atoms with Crippen molar-refractivity contribution in [2.45, 2.75) is 38.8 Å². The minimum Gasteiger partial charge on any atom is -0.374 e. The summed E-state index contributed by atoms with van der Waals surface area (Å²) >= 11 is 0. The first-order chi connectivity index (χ1) is 8.06. The lowest BCUT2D eigenvalue weighted by Gasteiger charge is -2.15. The molecule has 0 saturated heterocycles. The average molecular weight is 236 g/mol. The molecule has 1 amide bonds. The Morgan fingerprint density at radius 1 is 1.47 bits per heavy atom. The van der Waals surface area contributed by atoms with Crippen molar-refractivity contribution in [3.63, 3.8) is 0 Å². The van der Waals surface area contributed by atoms with E-state index in [1.807, 2.05) is 0 Å². The number of benzene rings is 1. The number of rotatable bonds is 4. The van der Waals surface area contributed by atoms with Gasteiger partial charge >= 0.3 is 0 Å². The van der Waals surface area contributed by atoms with Gasteiger partial charge in [-0.3, -0.25) is 4.79 Å². The predicted octanol–water partition coefficient (Wildman–Crippen LogP) is 2.21. The van der Waals surface area contributed by atoms with Crippen LogP contribution in [-0.4, -0.2) is 18.0 Å². The number of aryl methyl sites for hydroxylation is 1. The molecule has 1 aromatic rings. The Morgan fingerprint density at radius 3 is 2.76 bits per heavy atom. The highest BCUT2D eigenvalue weighted by molar-refractivity contribution is 5.84. The summed E-state index contributed by atoms with van der Waals surface area (Å²) in [5, 5.41) is 5.90. The summed E-state index contributed by atoms with van der Waals surface area (Å²) < 4.78 is 13.3. The molecule has 1 aliphatic rings. The van der Waals surface area contributed by atoms with Crippen molar-refractivity contribution in [3.8, 4) is 0 Å². The molecule has 1 saturated carbocycles. The maximum atomic E-state index is 13.3. The van der Waals surface area contributed by atoms with Crippen molar-refractivity contribution in [3.05, 3.63) is 29.6 Å². The standard InChI is InChI=1S/C13H17FN2O/c1-8-3-4-11(7-12(8)14)15-9(2)13(17)16-10-5-6-10/h3-4,7,9-10,15H,5-6H2,1-2H3,(H,16,17). The largest absolute Gasteiger partial charge is 0.374 e. The van der Waals surface area contributed by atoms with Gasteiger partial charge in [0.25, 0.3) is 0 Å². The molecule has 2 N–H and O–H groups in total. The third kappa shape index (κ3) is 3.19. The van der Waals surface area contributed by atoms with Crippen LogP contribution in [0.4, 0.5) is 10.1 Å². The summed E-state index contributed by atoms with van der Waals surface area (Å²) in [7, 11) is 0. The second-order valence-corrected chi connectivity index (χ2v) is 4.61. The number of hydrogen-bond acceptors (Lipinski definition) is 2. The Labute approximate surface area is 100 Å². The predicted molar refractivity (Wildman–Crippen MR) is 65.4 cm³/mol. The summed E-state index contributed by atoms with van der Waals surface area (Å²) in [6, 6.07) is 4.89. The van der Waals surface area contributed by atoms with Gasteiger partial charge in [-0.1, -0.05) is 6.07 Å². The molecule has 0 heterocycles. The Hall–Kier alpha value is -1.58. The van der Waals surface area contributed by atoms with Crippen LogP contribution < -0.4 is 10.6 Å². The van der Waals surface area contributed by atoms with E-state index in [1.165, 1.54) is 6.07 Å². The monoisotopic (exact) mass is 236 g/mol. The fourth-order valence-electron chi connectivity index (χ4n) is 1.55. The molecule has 1 aromatic carbocycles. The minimum atomic E-state index is -0.349. The van der Waals surface area contributed by atoms with E-state index in [0.717, 1.165) is 12.8 Å². The molecule has 0 aromatic heterocycles. The van der Waals surface area contributed by atoms with E-state index in [-0.39, 0.29) is 17.8 Å². The third-order valence-electron chi connectivity index (χ3n) is 2.87. The van der Waals surface area contributed by atoms with Gasteiger partial charge in [0, 0.05) is 11.7 Å². The maximum Gasteiger partial charge on any atom is 0.242 e. The fourth-order valence-corrected chi connectivity index (χ4v) is 1.55. The van der Waals surface area contributed by atoms with Crippen LogP contribution >= 0.6 is 0 Å². The van der Waals surface area contributed by atoms with Crippen LogP contribution in [0.2, 0.25) is 0 Å². The quantitative estimate of drug-likeness (QED) is 0.841. The number of amides is 1. The van der Waals surface area contributed by atoms with E-state index in [4.69, 9.17) is 0 Å². The second kappa shape index (κ2) is 4.73. The van der Waals surface area contributed by atoms with Gasteiger partial charge < -0.3 is 10.6 Å². The van der Waals surface area contributed by atoms with Gasteiger partial charge in [-0.15, -0.1) is 0 Å². The summed E-state index contributed by atoms with van der Waals surface area (Å²) in [5.74, 6) is -0.293. The zero-order chi connectivity index (χ0) is 12.4. The molecule has 17 heavy (non-hydrogen) atoms. The smallest absolute Gasteiger partial charge is 0.242 e. The number of nitrogens with one attached hydrogen (secondary N) is 2. The fraction of sp³-hybridized carbons (Fsp3) is 0.462. The lowest BCUT2D eigenvalue weighted by atomic mass is 10.2. The van der Waals surface area contributed by atoms with E-state index in [1.54, 1.807) is 26.0 Å². The van der Waals surface area contributed by atoms with Crippen LogP contribution in [0.15, 0.2) is 18.2 Å². The van der Waals surface area contributed by atoms with Crippen molar-refractivity contribution >= 4 is 11.6 Å². The summed E-state index contributed by atoms with van der Waals surface area (Å²) in [6.07, 6.45) is 2.13. The van der Waals surface area contributed by atoms with E-state index in [9.17, 15) is 9.18 Å². The van der Waals surface area contributed by atoms with Gasteiger partial charge in [0.05, 0.1) is 0 Å². The minimum absolute atomic E-state index is 0.0338. The highest BCUT2D eigenvalue weighted by atomic mass is 19.1. The van der Waals surface area contributed by atoms with Crippen molar-refractivity contribution in [2.75, 3.05) is 5.32 Å². The van der Waals surface area contributed by atoms with Crippen LogP contribution in [0.3, 0.4) is 0 Å². The first-order valence-electron chi connectivity index (χ1n) is 5.89. The van der Waals surface area contributed by atoms with E-state index < -0.39 is 0 Å². The molecule has 0 aliphatic heterocycles. The van der Waals surface area contributed by atoms with Gasteiger partial charge in [0.15, 0.2) is 0 Å².